The SMILES string of the molecule is CC1CCSC2(CCN(C3CC3)C2)N1. The Hall–Kier alpha value is 0.270. The molecule has 0 aromatic heterocycles. The standard InChI is InChI=1S/C11H20N2S/c1-9-4-7-14-11(12-9)5-6-13(8-11)10-2-3-10/h9-10,12H,2-8H2,1H3. The molecule has 14 heavy (non-hydrogen) atoms. The number of nitrogens with one attached hydrogen (secondary N) is 1. The highest BCUT2D eigenvalue weighted by atomic mass is 32.2. The average molecular weight is 212 g/mol. The van der Waals surface area contributed by atoms with E-state index in [-0.39, 0.29) is 0 Å². The Morgan fingerprint density at radius 1 is 1.36 bits per heavy atom. The molecule has 2 unspecified atom stereocenters. The molecule has 80 valence electrons. The molecular formula is C11H20N2S. The lowest BCUT2D eigenvalue weighted by molar-refractivity contribution is 0.301. The van der Waals surface area contributed by atoms with Crippen LogP contribution in [0.4, 0.5) is 0 Å². The molecule has 2 saturated heterocycles. The molecule has 2 heterocycles. The second kappa shape index (κ2) is 3.39. The summed E-state index contributed by atoms with van der Waals surface area (Å²) in [5.74, 6) is 1.35. The number of likely N-dealkylation sites (tertiary alicyclic amines) is 1. The van der Waals surface area contributed by atoms with Crippen LogP contribution >= 0.6 is 11.8 Å². The number of rotatable bonds is 1. The highest BCUT2D eigenvalue weighted by Crippen LogP contribution is 2.41. The predicted octanol–water partition coefficient (Wildman–Crippen LogP) is 1.67. The van der Waals surface area contributed by atoms with E-state index in [2.05, 4.69) is 28.9 Å². The molecule has 3 fully saturated rings. The lowest BCUT2D eigenvalue weighted by Gasteiger charge is -2.38. The van der Waals surface area contributed by atoms with Gasteiger partial charge in [0.2, 0.25) is 0 Å². The van der Waals surface area contributed by atoms with Gasteiger partial charge in [0.15, 0.2) is 0 Å². The van der Waals surface area contributed by atoms with E-state index in [9.17, 15) is 0 Å². The van der Waals surface area contributed by atoms with E-state index in [1.54, 1.807) is 0 Å². The molecule has 0 amide bonds. The number of thioether (sulfide) groups is 1. The third-order valence-corrected chi connectivity index (χ3v) is 5.21. The van der Waals surface area contributed by atoms with Crippen LogP contribution in [0.25, 0.3) is 0 Å². The maximum Gasteiger partial charge on any atom is 0.0788 e. The molecule has 3 rings (SSSR count). The van der Waals surface area contributed by atoms with Crippen molar-refractivity contribution in [3.05, 3.63) is 0 Å². The highest BCUT2D eigenvalue weighted by molar-refractivity contribution is 8.00. The van der Waals surface area contributed by atoms with Crippen LogP contribution in [0.15, 0.2) is 0 Å². The van der Waals surface area contributed by atoms with Crippen molar-refractivity contribution >= 4 is 11.8 Å². The van der Waals surface area contributed by atoms with Crippen LogP contribution in [-0.2, 0) is 0 Å². The average Bonchev–Trinajstić information content (AvgIpc) is 2.92. The fourth-order valence-corrected chi connectivity index (χ4v) is 4.43. The maximum atomic E-state index is 3.83. The highest BCUT2D eigenvalue weighted by Gasteiger charge is 2.45. The normalized spacial score (nSPS) is 44.8. The van der Waals surface area contributed by atoms with Gasteiger partial charge in [-0.3, -0.25) is 10.2 Å². The number of hydrogen-bond acceptors (Lipinski definition) is 3. The molecular weight excluding hydrogens is 192 g/mol. The second-order valence-electron chi connectivity index (χ2n) is 5.13. The van der Waals surface area contributed by atoms with E-state index in [0.717, 1.165) is 12.1 Å². The fraction of sp³-hybridized carbons (Fsp3) is 1.00. The smallest absolute Gasteiger partial charge is 0.0788 e. The third-order valence-electron chi connectivity index (χ3n) is 3.76. The summed E-state index contributed by atoms with van der Waals surface area (Å²) in [6.07, 6.45) is 5.61. The van der Waals surface area contributed by atoms with Gasteiger partial charge in [-0.1, -0.05) is 0 Å². The lowest BCUT2D eigenvalue weighted by atomic mass is 10.1. The lowest BCUT2D eigenvalue weighted by Crippen LogP contribution is -2.52. The zero-order valence-electron chi connectivity index (χ0n) is 8.96. The van der Waals surface area contributed by atoms with Gasteiger partial charge in [0, 0.05) is 25.2 Å². The van der Waals surface area contributed by atoms with Crippen molar-refractivity contribution in [3.63, 3.8) is 0 Å². The molecule has 2 aliphatic heterocycles. The predicted molar refractivity (Wildman–Crippen MR) is 61.6 cm³/mol. The monoisotopic (exact) mass is 212 g/mol. The van der Waals surface area contributed by atoms with Gasteiger partial charge in [-0.25, -0.2) is 0 Å². The molecule has 0 aromatic carbocycles. The Morgan fingerprint density at radius 3 is 2.93 bits per heavy atom. The summed E-state index contributed by atoms with van der Waals surface area (Å²) in [6.45, 7) is 4.96. The summed E-state index contributed by atoms with van der Waals surface area (Å²) >= 11 is 2.17. The Labute approximate surface area is 90.8 Å². The van der Waals surface area contributed by atoms with Crippen molar-refractivity contribution in [2.45, 2.75) is 49.6 Å². The quantitative estimate of drug-likeness (QED) is 0.712. The van der Waals surface area contributed by atoms with Crippen molar-refractivity contribution in [1.29, 1.82) is 0 Å². The summed E-state index contributed by atoms with van der Waals surface area (Å²) in [5.41, 5.74) is 0. The molecule has 1 N–H and O–H groups in total. The van der Waals surface area contributed by atoms with E-state index < -0.39 is 0 Å². The summed E-state index contributed by atoms with van der Waals surface area (Å²) in [7, 11) is 0. The van der Waals surface area contributed by atoms with Crippen molar-refractivity contribution in [2.24, 2.45) is 0 Å². The van der Waals surface area contributed by atoms with E-state index in [1.165, 1.54) is 44.5 Å². The largest absolute Gasteiger partial charge is 0.299 e. The van der Waals surface area contributed by atoms with Crippen LogP contribution in [0, 0.1) is 0 Å². The van der Waals surface area contributed by atoms with Gasteiger partial charge < -0.3 is 0 Å². The molecule has 3 heteroatoms. The summed E-state index contributed by atoms with van der Waals surface area (Å²) in [6, 6.07) is 1.68. The molecule has 1 aliphatic carbocycles. The van der Waals surface area contributed by atoms with Crippen molar-refractivity contribution in [2.75, 3.05) is 18.8 Å². The molecule has 2 nitrogen and oxygen atoms in total. The van der Waals surface area contributed by atoms with E-state index in [0.29, 0.717) is 4.87 Å². The van der Waals surface area contributed by atoms with Gasteiger partial charge in [0.05, 0.1) is 4.87 Å². The summed E-state index contributed by atoms with van der Waals surface area (Å²) < 4.78 is 0. The topological polar surface area (TPSA) is 15.3 Å². The first-order valence-electron chi connectivity index (χ1n) is 5.93. The van der Waals surface area contributed by atoms with Crippen LogP contribution in [-0.4, -0.2) is 40.7 Å². The van der Waals surface area contributed by atoms with Crippen LogP contribution in [0.1, 0.15) is 32.6 Å². The van der Waals surface area contributed by atoms with Gasteiger partial charge in [0.25, 0.3) is 0 Å². The van der Waals surface area contributed by atoms with E-state index in [1.807, 2.05) is 0 Å². The van der Waals surface area contributed by atoms with Crippen molar-refractivity contribution < 1.29 is 0 Å². The minimum Gasteiger partial charge on any atom is -0.299 e. The van der Waals surface area contributed by atoms with E-state index >= 15 is 0 Å². The third kappa shape index (κ3) is 1.70. The van der Waals surface area contributed by atoms with E-state index in [4.69, 9.17) is 0 Å². The fourth-order valence-electron chi connectivity index (χ4n) is 2.79. The van der Waals surface area contributed by atoms with Crippen LogP contribution in [0.3, 0.4) is 0 Å². The van der Waals surface area contributed by atoms with Crippen LogP contribution in [0.2, 0.25) is 0 Å². The Kier molecular flexibility index (Phi) is 2.30. The Morgan fingerprint density at radius 2 is 2.21 bits per heavy atom. The Balaban J connectivity index is 1.65. The minimum absolute atomic E-state index is 0.431. The first-order valence-corrected chi connectivity index (χ1v) is 6.92. The van der Waals surface area contributed by atoms with Gasteiger partial charge in [-0.05, 0) is 38.4 Å². The van der Waals surface area contributed by atoms with Crippen LogP contribution in [0.5, 0.6) is 0 Å². The molecule has 1 spiro atoms. The first kappa shape index (κ1) is 9.49. The molecule has 0 bridgehead atoms. The summed E-state index contributed by atoms with van der Waals surface area (Å²) in [5, 5.41) is 3.83. The minimum atomic E-state index is 0.431. The van der Waals surface area contributed by atoms with Crippen LogP contribution < -0.4 is 5.32 Å². The van der Waals surface area contributed by atoms with Crippen molar-refractivity contribution in [3.8, 4) is 0 Å². The van der Waals surface area contributed by atoms with Gasteiger partial charge in [0.1, 0.15) is 0 Å². The molecule has 0 radical (unpaired) electrons. The number of nitrogens with zero attached hydrogens (tertiary/aromatic N) is 1. The van der Waals surface area contributed by atoms with Crippen molar-refractivity contribution in [1.82, 2.24) is 10.2 Å². The Bertz CT molecular complexity index is 229. The zero-order chi connectivity index (χ0) is 9.60. The zero-order valence-corrected chi connectivity index (χ0v) is 9.78. The molecule has 0 aromatic rings. The second-order valence-corrected chi connectivity index (χ2v) is 6.61. The molecule has 1 saturated carbocycles. The van der Waals surface area contributed by atoms with Gasteiger partial charge >= 0.3 is 0 Å². The van der Waals surface area contributed by atoms with Gasteiger partial charge in [-0.15, -0.1) is 11.8 Å². The molecule has 3 aliphatic rings. The maximum absolute atomic E-state index is 3.83. The summed E-state index contributed by atoms with van der Waals surface area (Å²) in [4.78, 5) is 3.14. The number of hydrogen-bond donors (Lipinski definition) is 1. The first-order chi connectivity index (χ1) is 6.77. The van der Waals surface area contributed by atoms with Gasteiger partial charge in [-0.2, -0.15) is 0 Å². The molecule has 2 atom stereocenters.